The van der Waals surface area contributed by atoms with E-state index in [1.54, 1.807) is 12.1 Å². The minimum atomic E-state index is -0.366. The van der Waals surface area contributed by atoms with Crippen LogP contribution in [0.3, 0.4) is 0 Å². The van der Waals surface area contributed by atoms with E-state index < -0.39 is 0 Å². The Kier molecular flexibility index (Phi) is 3.34. The molecule has 2 aromatic carbocycles. The van der Waals surface area contributed by atoms with Gasteiger partial charge in [-0.25, -0.2) is 0 Å². The predicted molar refractivity (Wildman–Crippen MR) is 90.9 cm³/mol. The molecule has 1 aliphatic carbocycles. The molecule has 116 valence electrons. The third-order valence-electron chi connectivity index (χ3n) is 4.79. The molecular weight excluding hydrogens is 312 g/mol. The molecule has 4 nitrogen and oxygen atoms in total. The lowest BCUT2D eigenvalue weighted by Gasteiger charge is -2.37. The highest BCUT2D eigenvalue weighted by Gasteiger charge is 2.37. The smallest absolute Gasteiger partial charge is 0.269 e. The Morgan fingerprint density at radius 3 is 2.70 bits per heavy atom. The fourth-order valence-corrected chi connectivity index (χ4v) is 3.88. The molecule has 3 atom stereocenters. The zero-order chi connectivity index (χ0) is 16.0. The third kappa shape index (κ3) is 2.39. The van der Waals surface area contributed by atoms with Gasteiger partial charge in [0.25, 0.3) is 5.69 Å². The number of non-ortho nitro benzene ring substituents is 1. The van der Waals surface area contributed by atoms with Gasteiger partial charge in [0, 0.05) is 28.8 Å². The standard InChI is InChI=1S/C18H15ClN2O2/c19-12-6-9-17-16(10-12)14-2-1-3-15(14)18(20-17)11-4-7-13(8-5-11)21(22)23/h1-2,4-10,14-15,18,20H,3H2/t14-,15+,18-/m0/s1. The van der Waals surface area contributed by atoms with Crippen LogP contribution in [0.15, 0.2) is 54.6 Å². The van der Waals surface area contributed by atoms with Crippen molar-refractivity contribution in [2.45, 2.75) is 18.4 Å². The lowest BCUT2D eigenvalue weighted by Crippen LogP contribution is -2.29. The van der Waals surface area contributed by atoms with Gasteiger partial charge in [-0.05, 0) is 41.7 Å². The van der Waals surface area contributed by atoms with Gasteiger partial charge in [0.15, 0.2) is 0 Å². The summed E-state index contributed by atoms with van der Waals surface area (Å²) in [5, 5.41) is 15.2. The molecule has 0 saturated carbocycles. The molecule has 0 spiro atoms. The van der Waals surface area contributed by atoms with Crippen LogP contribution in [-0.2, 0) is 0 Å². The van der Waals surface area contributed by atoms with E-state index in [2.05, 4.69) is 17.5 Å². The summed E-state index contributed by atoms with van der Waals surface area (Å²) in [5.74, 6) is 0.743. The van der Waals surface area contributed by atoms with Gasteiger partial charge in [0.1, 0.15) is 0 Å². The number of allylic oxidation sites excluding steroid dienone is 2. The zero-order valence-corrected chi connectivity index (χ0v) is 13.0. The molecule has 0 unspecified atom stereocenters. The van der Waals surface area contributed by atoms with Crippen LogP contribution >= 0.6 is 11.6 Å². The number of benzene rings is 2. The number of fused-ring (bicyclic) bond motifs is 3. The Morgan fingerprint density at radius 2 is 1.96 bits per heavy atom. The number of nitrogens with one attached hydrogen (secondary N) is 1. The van der Waals surface area contributed by atoms with Crippen molar-refractivity contribution in [2.24, 2.45) is 5.92 Å². The van der Waals surface area contributed by atoms with Crippen LogP contribution in [0.4, 0.5) is 11.4 Å². The molecule has 5 heteroatoms. The molecular formula is C18H15ClN2O2. The molecule has 0 fully saturated rings. The molecule has 4 rings (SSSR count). The van der Waals surface area contributed by atoms with Gasteiger partial charge in [0.2, 0.25) is 0 Å². The SMILES string of the molecule is O=[N+]([O-])c1ccc([C@@H]2Nc3ccc(Cl)cc3[C@H]3C=CC[C@H]32)cc1. The Labute approximate surface area is 138 Å². The van der Waals surface area contributed by atoms with Gasteiger partial charge in [0.05, 0.1) is 11.0 Å². The third-order valence-corrected chi connectivity index (χ3v) is 5.02. The Bertz CT molecular complexity index is 801. The van der Waals surface area contributed by atoms with Crippen molar-refractivity contribution in [3.8, 4) is 0 Å². The minimum Gasteiger partial charge on any atom is -0.378 e. The van der Waals surface area contributed by atoms with E-state index in [-0.39, 0.29) is 16.7 Å². The second kappa shape index (κ2) is 5.39. The highest BCUT2D eigenvalue weighted by atomic mass is 35.5. The first-order valence-corrected chi connectivity index (χ1v) is 7.98. The van der Waals surface area contributed by atoms with Gasteiger partial charge in [-0.2, -0.15) is 0 Å². The molecule has 0 aromatic heterocycles. The summed E-state index contributed by atoms with van der Waals surface area (Å²) in [6.07, 6.45) is 5.45. The first-order chi connectivity index (χ1) is 11.1. The van der Waals surface area contributed by atoms with E-state index in [9.17, 15) is 10.1 Å². The van der Waals surface area contributed by atoms with E-state index in [4.69, 9.17) is 11.6 Å². The molecule has 0 radical (unpaired) electrons. The highest BCUT2D eigenvalue weighted by Crippen LogP contribution is 2.50. The first-order valence-electron chi connectivity index (χ1n) is 7.60. The number of halogens is 1. The fraction of sp³-hybridized carbons (Fsp3) is 0.222. The fourth-order valence-electron chi connectivity index (χ4n) is 3.70. The van der Waals surface area contributed by atoms with Gasteiger partial charge < -0.3 is 5.32 Å². The second-order valence-corrected chi connectivity index (χ2v) is 6.49. The van der Waals surface area contributed by atoms with E-state index in [0.717, 1.165) is 22.7 Å². The normalized spacial score (nSPS) is 24.7. The first kappa shape index (κ1) is 14.3. The molecule has 0 amide bonds. The van der Waals surface area contributed by atoms with Crippen LogP contribution in [0.1, 0.15) is 29.5 Å². The molecule has 2 aliphatic rings. The maximum Gasteiger partial charge on any atom is 0.269 e. The van der Waals surface area contributed by atoms with Crippen LogP contribution in [-0.4, -0.2) is 4.92 Å². The predicted octanol–water partition coefficient (Wildman–Crippen LogP) is 5.07. The lowest BCUT2D eigenvalue weighted by molar-refractivity contribution is -0.384. The topological polar surface area (TPSA) is 55.2 Å². The summed E-state index contributed by atoms with van der Waals surface area (Å²) in [7, 11) is 0. The molecule has 2 aromatic rings. The Hall–Kier alpha value is -2.33. The van der Waals surface area contributed by atoms with Gasteiger partial charge >= 0.3 is 0 Å². The Balaban J connectivity index is 1.73. The number of hydrogen-bond acceptors (Lipinski definition) is 3. The zero-order valence-electron chi connectivity index (χ0n) is 12.3. The van der Waals surface area contributed by atoms with Crippen LogP contribution in [0, 0.1) is 16.0 Å². The number of nitro groups is 1. The van der Waals surface area contributed by atoms with Gasteiger partial charge in [-0.15, -0.1) is 0 Å². The maximum absolute atomic E-state index is 10.8. The number of hydrogen-bond donors (Lipinski definition) is 1. The highest BCUT2D eigenvalue weighted by molar-refractivity contribution is 6.30. The number of rotatable bonds is 2. The van der Waals surface area contributed by atoms with E-state index in [0.29, 0.717) is 11.8 Å². The van der Waals surface area contributed by atoms with Crippen molar-refractivity contribution < 1.29 is 4.92 Å². The van der Waals surface area contributed by atoms with Crippen LogP contribution in [0.2, 0.25) is 5.02 Å². The summed E-state index contributed by atoms with van der Waals surface area (Å²) in [6.45, 7) is 0. The second-order valence-electron chi connectivity index (χ2n) is 6.06. The molecule has 1 aliphatic heterocycles. The minimum absolute atomic E-state index is 0.123. The van der Waals surface area contributed by atoms with E-state index >= 15 is 0 Å². The largest absolute Gasteiger partial charge is 0.378 e. The van der Waals surface area contributed by atoms with Crippen LogP contribution < -0.4 is 5.32 Å². The molecule has 23 heavy (non-hydrogen) atoms. The summed E-state index contributed by atoms with van der Waals surface area (Å²) < 4.78 is 0. The average Bonchev–Trinajstić information content (AvgIpc) is 3.04. The monoisotopic (exact) mass is 326 g/mol. The average molecular weight is 327 g/mol. The summed E-state index contributed by atoms with van der Waals surface area (Å²) >= 11 is 6.15. The van der Waals surface area contributed by atoms with Gasteiger partial charge in [-0.3, -0.25) is 10.1 Å². The van der Waals surface area contributed by atoms with Crippen molar-refractivity contribution in [1.82, 2.24) is 0 Å². The number of anilines is 1. The van der Waals surface area contributed by atoms with Crippen molar-refractivity contribution in [3.05, 3.63) is 80.9 Å². The van der Waals surface area contributed by atoms with Crippen molar-refractivity contribution in [1.29, 1.82) is 0 Å². The van der Waals surface area contributed by atoms with Crippen molar-refractivity contribution in [3.63, 3.8) is 0 Å². The Morgan fingerprint density at radius 1 is 1.17 bits per heavy atom. The van der Waals surface area contributed by atoms with Crippen LogP contribution in [0.5, 0.6) is 0 Å². The molecule has 0 bridgehead atoms. The van der Waals surface area contributed by atoms with Crippen LogP contribution in [0.25, 0.3) is 0 Å². The number of nitro benzene ring substituents is 1. The molecule has 1 heterocycles. The van der Waals surface area contributed by atoms with E-state index in [1.165, 1.54) is 5.56 Å². The van der Waals surface area contributed by atoms with Crippen molar-refractivity contribution in [2.75, 3.05) is 5.32 Å². The molecule has 1 N–H and O–H groups in total. The molecule has 0 saturated heterocycles. The van der Waals surface area contributed by atoms with Gasteiger partial charge in [-0.1, -0.05) is 35.9 Å². The number of nitrogens with zero attached hydrogens (tertiary/aromatic N) is 1. The summed E-state index contributed by atoms with van der Waals surface area (Å²) in [4.78, 5) is 10.5. The quantitative estimate of drug-likeness (QED) is 0.476. The van der Waals surface area contributed by atoms with Crippen molar-refractivity contribution >= 4 is 23.0 Å². The summed E-state index contributed by atoms with van der Waals surface area (Å²) in [5.41, 5.74) is 3.52. The maximum atomic E-state index is 10.8. The van der Waals surface area contributed by atoms with E-state index in [1.807, 2.05) is 30.3 Å². The lowest BCUT2D eigenvalue weighted by atomic mass is 9.77. The summed E-state index contributed by atoms with van der Waals surface area (Å²) in [6, 6.07) is 12.9.